The molecule has 23 heavy (non-hydrogen) atoms. The Kier molecular flexibility index (Phi) is 4.79. The molecule has 0 nitrogen and oxygen atoms in total. The Bertz CT molecular complexity index is 647. The second-order valence-corrected chi connectivity index (χ2v) is 6.57. The summed E-state index contributed by atoms with van der Waals surface area (Å²) in [4.78, 5) is 0. The van der Waals surface area contributed by atoms with Gasteiger partial charge in [0.25, 0.3) is 0 Å². The van der Waals surface area contributed by atoms with Crippen LogP contribution in [-0.4, -0.2) is 6.17 Å². The van der Waals surface area contributed by atoms with Crippen molar-refractivity contribution >= 4 is 0 Å². The third-order valence-electron chi connectivity index (χ3n) is 4.92. The Labute approximate surface area is 137 Å². The van der Waals surface area contributed by atoms with Crippen LogP contribution in [0.3, 0.4) is 0 Å². The first-order chi connectivity index (χ1) is 11.1. The molecule has 1 fully saturated rings. The fourth-order valence-corrected chi connectivity index (χ4v) is 3.63. The molecule has 1 aliphatic carbocycles. The zero-order valence-electron chi connectivity index (χ0n) is 13.7. The predicted octanol–water partition coefficient (Wildman–Crippen LogP) is 6.38. The Morgan fingerprint density at radius 3 is 2.48 bits per heavy atom. The average Bonchev–Trinajstić information content (AvgIpc) is 2.59. The Balaban J connectivity index is 2.00. The minimum absolute atomic E-state index is 0.277. The van der Waals surface area contributed by atoms with Gasteiger partial charge in [0, 0.05) is 0 Å². The van der Waals surface area contributed by atoms with Gasteiger partial charge in [-0.15, -0.1) is 0 Å². The van der Waals surface area contributed by atoms with Crippen LogP contribution < -0.4 is 0 Å². The van der Waals surface area contributed by atoms with Crippen molar-refractivity contribution in [2.75, 3.05) is 0 Å². The van der Waals surface area contributed by atoms with Crippen molar-refractivity contribution in [1.29, 1.82) is 0 Å². The second-order valence-electron chi connectivity index (χ2n) is 6.57. The smallest absolute Gasteiger partial charge is 0.167 e. The van der Waals surface area contributed by atoms with Crippen molar-refractivity contribution < 1.29 is 8.78 Å². The molecule has 0 N–H and O–H groups in total. The van der Waals surface area contributed by atoms with E-state index in [0.29, 0.717) is 12.0 Å². The van der Waals surface area contributed by atoms with Crippen LogP contribution in [0.15, 0.2) is 48.5 Å². The van der Waals surface area contributed by atoms with Gasteiger partial charge in [0.1, 0.15) is 6.17 Å². The van der Waals surface area contributed by atoms with Gasteiger partial charge in [-0.1, -0.05) is 68.3 Å². The fraction of sp³-hybridized carbons (Fsp3) is 0.429. The minimum Gasteiger partial charge on any atom is -0.244 e. The van der Waals surface area contributed by atoms with Crippen LogP contribution in [0.1, 0.15) is 50.2 Å². The Morgan fingerprint density at radius 1 is 1.04 bits per heavy atom. The van der Waals surface area contributed by atoms with E-state index in [9.17, 15) is 4.39 Å². The van der Waals surface area contributed by atoms with Crippen molar-refractivity contribution in [3.05, 3.63) is 59.7 Å². The maximum atomic E-state index is 15.5. The first-order valence-corrected chi connectivity index (χ1v) is 8.67. The molecule has 2 heteroatoms. The summed E-state index contributed by atoms with van der Waals surface area (Å²) in [5, 5.41) is 0. The lowest BCUT2D eigenvalue weighted by Crippen LogP contribution is -2.35. The lowest BCUT2D eigenvalue weighted by molar-refractivity contribution is 0.00910. The molecule has 0 spiro atoms. The van der Waals surface area contributed by atoms with E-state index in [-0.39, 0.29) is 6.42 Å². The highest BCUT2D eigenvalue weighted by atomic mass is 19.2. The van der Waals surface area contributed by atoms with Crippen LogP contribution >= 0.6 is 0 Å². The molecule has 0 bridgehead atoms. The van der Waals surface area contributed by atoms with E-state index in [2.05, 4.69) is 19.1 Å². The third-order valence-corrected chi connectivity index (χ3v) is 4.92. The topological polar surface area (TPSA) is 0 Å². The van der Waals surface area contributed by atoms with Gasteiger partial charge in [-0.05, 0) is 47.9 Å². The molecule has 2 unspecified atom stereocenters. The predicted molar refractivity (Wildman–Crippen MR) is 92.0 cm³/mol. The molecule has 0 radical (unpaired) electrons. The number of halogens is 2. The van der Waals surface area contributed by atoms with Crippen LogP contribution in [0.25, 0.3) is 11.1 Å². The van der Waals surface area contributed by atoms with Crippen molar-refractivity contribution in [2.24, 2.45) is 0 Å². The van der Waals surface area contributed by atoms with Crippen molar-refractivity contribution in [2.45, 2.75) is 57.3 Å². The standard InChI is InChI=1S/C21H24F2/c1-2-7-16-11-13-17(14-12-16)18-8-3-4-9-19(18)21(23)15-6-5-10-20(21)22/h3-4,8-9,11-14,20H,2,5-7,10,15H2,1H3. The van der Waals surface area contributed by atoms with E-state index in [1.54, 1.807) is 6.07 Å². The highest BCUT2D eigenvalue weighted by molar-refractivity contribution is 5.69. The zero-order chi connectivity index (χ0) is 16.3. The summed E-state index contributed by atoms with van der Waals surface area (Å²) in [6, 6.07) is 15.6. The fourth-order valence-electron chi connectivity index (χ4n) is 3.63. The first-order valence-electron chi connectivity index (χ1n) is 8.67. The molecule has 2 aromatic carbocycles. The summed E-state index contributed by atoms with van der Waals surface area (Å²) >= 11 is 0. The number of benzene rings is 2. The minimum atomic E-state index is -1.85. The average molecular weight is 314 g/mol. The molecule has 0 aliphatic heterocycles. The molecule has 0 amide bonds. The lowest BCUT2D eigenvalue weighted by atomic mass is 9.77. The Morgan fingerprint density at radius 2 is 1.78 bits per heavy atom. The monoisotopic (exact) mass is 314 g/mol. The normalized spacial score (nSPS) is 24.6. The Hall–Kier alpha value is -1.70. The summed E-state index contributed by atoms with van der Waals surface area (Å²) in [7, 11) is 0. The third kappa shape index (κ3) is 3.17. The molecule has 0 heterocycles. The van der Waals surface area contributed by atoms with Crippen molar-refractivity contribution in [3.8, 4) is 11.1 Å². The molecular weight excluding hydrogens is 290 g/mol. The van der Waals surface area contributed by atoms with Gasteiger partial charge >= 0.3 is 0 Å². The van der Waals surface area contributed by atoms with E-state index >= 15 is 4.39 Å². The summed E-state index contributed by atoms with van der Waals surface area (Å²) in [5.74, 6) is 0. The quantitative estimate of drug-likeness (QED) is 0.614. The molecular formula is C21H24F2. The highest BCUT2D eigenvalue weighted by Gasteiger charge is 2.44. The molecule has 0 aromatic heterocycles. The molecule has 2 atom stereocenters. The number of aryl methyl sites for hydroxylation is 1. The summed E-state index contributed by atoms with van der Waals surface area (Å²) in [6.07, 6.45) is 2.87. The SMILES string of the molecule is CCCc1ccc(-c2ccccc2C2(F)CCCCC2F)cc1. The molecule has 1 saturated carbocycles. The van der Waals surface area contributed by atoms with E-state index < -0.39 is 11.8 Å². The lowest BCUT2D eigenvalue weighted by Gasteiger charge is -2.34. The van der Waals surface area contributed by atoms with E-state index in [1.165, 1.54) is 5.56 Å². The zero-order valence-corrected chi connectivity index (χ0v) is 13.7. The summed E-state index contributed by atoms with van der Waals surface area (Å²) in [5.41, 5.74) is 1.73. The van der Waals surface area contributed by atoms with Crippen molar-refractivity contribution in [3.63, 3.8) is 0 Å². The number of alkyl halides is 2. The molecule has 3 rings (SSSR count). The van der Waals surface area contributed by atoms with E-state index in [0.717, 1.165) is 36.8 Å². The highest BCUT2D eigenvalue weighted by Crippen LogP contribution is 2.46. The molecule has 1 aliphatic rings. The van der Waals surface area contributed by atoms with Crippen LogP contribution in [0.5, 0.6) is 0 Å². The van der Waals surface area contributed by atoms with Crippen LogP contribution in [0.2, 0.25) is 0 Å². The largest absolute Gasteiger partial charge is 0.244 e. The van der Waals surface area contributed by atoms with Gasteiger partial charge in [-0.25, -0.2) is 8.78 Å². The molecule has 0 saturated heterocycles. The van der Waals surface area contributed by atoms with Gasteiger partial charge < -0.3 is 0 Å². The number of hydrogen-bond acceptors (Lipinski definition) is 0. The number of hydrogen-bond donors (Lipinski definition) is 0. The second kappa shape index (κ2) is 6.82. The van der Waals surface area contributed by atoms with Gasteiger partial charge in [0.05, 0.1) is 0 Å². The maximum absolute atomic E-state index is 15.5. The molecule has 122 valence electrons. The van der Waals surface area contributed by atoms with E-state index in [4.69, 9.17) is 0 Å². The number of rotatable bonds is 4. The summed E-state index contributed by atoms with van der Waals surface area (Å²) in [6.45, 7) is 2.15. The van der Waals surface area contributed by atoms with Crippen LogP contribution in [0.4, 0.5) is 8.78 Å². The van der Waals surface area contributed by atoms with E-state index in [1.807, 2.05) is 30.3 Å². The summed E-state index contributed by atoms with van der Waals surface area (Å²) < 4.78 is 29.9. The van der Waals surface area contributed by atoms with Gasteiger partial charge in [-0.2, -0.15) is 0 Å². The molecule has 2 aromatic rings. The van der Waals surface area contributed by atoms with Gasteiger partial charge in [0.2, 0.25) is 0 Å². The first kappa shape index (κ1) is 16.2. The van der Waals surface area contributed by atoms with Crippen molar-refractivity contribution in [1.82, 2.24) is 0 Å². The van der Waals surface area contributed by atoms with Gasteiger partial charge in [0.15, 0.2) is 5.67 Å². The van der Waals surface area contributed by atoms with Crippen LogP contribution in [0, 0.1) is 0 Å². The van der Waals surface area contributed by atoms with Crippen LogP contribution in [-0.2, 0) is 12.1 Å². The van der Waals surface area contributed by atoms with Gasteiger partial charge in [-0.3, -0.25) is 0 Å². The maximum Gasteiger partial charge on any atom is 0.167 e.